The van der Waals surface area contributed by atoms with Crippen molar-refractivity contribution in [2.24, 2.45) is 0 Å². The van der Waals surface area contributed by atoms with Gasteiger partial charge in [-0.15, -0.1) is 0 Å². The van der Waals surface area contributed by atoms with Crippen LogP contribution >= 0.6 is 7.26 Å². The number of hydrogen-bond donors (Lipinski definition) is 3. The molecule has 3 N–H and O–H groups in total. The zero-order chi connectivity index (χ0) is 15.8. The minimum Gasteiger partial charge on any atom is -0.396 e. The first-order valence-electron chi connectivity index (χ1n) is 8.92. The summed E-state index contributed by atoms with van der Waals surface area (Å²) < 4.78 is 0. The van der Waals surface area contributed by atoms with Gasteiger partial charge in [0, 0.05) is 46.3 Å². The molecule has 0 spiro atoms. The Morgan fingerprint density at radius 1 is 0.524 bits per heavy atom. The van der Waals surface area contributed by atoms with E-state index in [2.05, 4.69) is 6.92 Å². The Morgan fingerprint density at radius 2 is 0.905 bits per heavy atom. The SMILES string of the molecule is CCCCCCCC[P+](CCCO)(CCCO)CCCO. The van der Waals surface area contributed by atoms with Gasteiger partial charge in [0.05, 0.1) is 24.6 Å². The van der Waals surface area contributed by atoms with E-state index in [0.717, 1.165) is 37.7 Å². The van der Waals surface area contributed by atoms with Crippen molar-refractivity contribution in [3.63, 3.8) is 0 Å². The monoisotopic (exact) mass is 321 g/mol. The molecule has 0 saturated heterocycles. The second-order valence-corrected chi connectivity index (χ2v) is 10.7. The first kappa shape index (κ1) is 21.3. The Labute approximate surface area is 132 Å². The van der Waals surface area contributed by atoms with Crippen LogP contribution < -0.4 is 0 Å². The van der Waals surface area contributed by atoms with Gasteiger partial charge in [-0.1, -0.05) is 32.6 Å². The van der Waals surface area contributed by atoms with E-state index in [-0.39, 0.29) is 19.8 Å². The van der Waals surface area contributed by atoms with E-state index in [1.807, 2.05) is 0 Å². The van der Waals surface area contributed by atoms with E-state index < -0.39 is 7.26 Å². The molecule has 0 aliphatic rings. The number of unbranched alkanes of at least 4 members (excludes halogenated alkanes) is 5. The highest BCUT2D eigenvalue weighted by Crippen LogP contribution is 2.60. The molecule has 0 aromatic heterocycles. The van der Waals surface area contributed by atoms with Crippen molar-refractivity contribution in [2.45, 2.75) is 64.7 Å². The zero-order valence-electron chi connectivity index (χ0n) is 14.1. The predicted molar refractivity (Wildman–Crippen MR) is 94.9 cm³/mol. The van der Waals surface area contributed by atoms with E-state index in [1.54, 1.807) is 0 Å². The smallest absolute Gasteiger partial charge is 0.0616 e. The standard InChI is InChI=1S/C17H38O3P/c1-2-3-4-5-6-7-14-21(15-8-11-18,16-9-12-19)17-10-13-20/h18-20H,2-17H2,1H3/q+1. The number of rotatable bonds is 16. The Hall–Kier alpha value is 0.310. The fraction of sp³-hybridized carbons (Fsp3) is 1.00. The van der Waals surface area contributed by atoms with Crippen LogP contribution in [0.15, 0.2) is 0 Å². The quantitative estimate of drug-likeness (QED) is 0.301. The fourth-order valence-corrected chi connectivity index (χ4v) is 7.79. The van der Waals surface area contributed by atoms with Gasteiger partial charge in [0.15, 0.2) is 0 Å². The van der Waals surface area contributed by atoms with E-state index in [1.165, 1.54) is 44.7 Å². The van der Waals surface area contributed by atoms with Gasteiger partial charge in [-0.2, -0.15) is 0 Å². The van der Waals surface area contributed by atoms with Gasteiger partial charge >= 0.3 is 0 Å². The molecular formula is C17H38O3P+. The largest absolute Gasteiger partial charge is 0.396 e. The second-order valence-electron chi connectivity index (χ2n) is 6.24. The lowest BCUT2D eigenvalue weighted by Crippen LogP contribution is -2.15. The summed E-state index contributed by atoms with van der Waals surface area (Å²) in [5.41, 5.74) is 0. The van der Waals surface area contributed by atoms with Crippen LogP contribution in [0.1, 0.15) is 64.7 Å². The van der Waals surface area contributed by atoms with Gasteiger partial charge in [-0.3, -0.25) is 0 Å². The lowest BCUT2D eigenvalue weighted by molar-refractivity contribution is 0.292. The minimum absolute atomic E-state index is 0.274. The first-order chi connectivity index (χ1) is 10.2. The molecule has 0 aromatic carbocycles. The average Bonchev–Trinajstić information content (AvgIpc) is 2.51. The molecule has 0 bridgehead atoms. The normalized spacial score (nSPS) is 12.0. The highest BCUT2D eigenvalue weighted by Gasteiger charge is 2.34. The highest BCUT2D eigenvalue weighted by atomic mass is 31.2. The van der Waals surface area contributed by atoms with E-state index in [4.69, 9.17) is 15.3 Å². The lowest BCUT2D eigenvalue weighted by atomic mass is 10.1. The molecule has 0 saturated carbocycles. The van der Waals surface area contributed by atoms with Crippen LogP contribution in [0.5, 0.6) is 0 Å². The topological polar surface area (TPSA) is 60.7 Å². The lowest BCUT2D eigenvalue weighted by Gasteiger charge is -2.27. The molecule has 0 amide bonds. The van der Waals surface area contributed by atoms with Crippen molar-refractivity contribution in [2.75, 3.05) is 44.5 Å². The molecule has 0 aliphatic heterocycles. The Morgan fingerprint density at radius 3 is 1.33 bits per heavy atom. The van der Waals surface area contributed by atoms with Crippen LogP contribution in [-0.2, 0) is 0 Å². The van der Waals surface area contributed by atoms with Crippen molar-refractivity contribution >= 4 is 7.26 Å². The molecule has 0 heterocycles. The van der Waals surface area contributed by atoms with Crippen LogP contribution in [0.2, 0.25) is 0 Å². The summed E-state index contributed by atoms with van der Waals surface area (Å²) in [5.74, 6) is 0. The van der Waals surface area contributed by atoms with Crippen LogP contribution in [0.3, 0.4) is 0 Å². The number of aliphatic hydroxyl groups is 3. The zero-order valence-corrected chi connectivity index (χ0v) is 15.0. The summed E-state index contributed by atoms with van der Waals surface area (Å²) in [7, 11) is -1.08. The van der Waals surface area contributed by atoms with Crippen LogP contribution in [0.4, 0.5) is 0 Å². The van der Waals surface area contributed by atoms with Crippen LogP contribution in [0, 0.1) is 0 Å². The summed E-state index contributed by atoms with van der Waals surface area (Å²) >= 11 is 0. The molecule has 0 aromatic rings. The van der Waals surface area contributed by atoms with Crippen molar-refractivity contribution in [3.8, 4) is 0 Å². The molecule has 0 unspecified atom stereocenters. The molecule has 0 aliphatic carbocycles. The van der Waals surface area contributed by atoms with Crippen molar-refractivity contribution in [3.05, 3.63) is 0 Å². The van der Waals surface area contributed by atoms with E-state index in [9.17, 15) is 0 Å². The summed E-state index contributed by atoms with van der Waals surface area (Å²) in [6.45, 7) is 3.07. The molecule has 4 heteroatoms. The fourth-order valence-electron chi connectivity index (χ4n) is 3.12. The number of hydrogen-bond acceptors (Lipinski definition) is 3. The summed E-state index contributed by atoms with van der Waals surface area (Å²) in [6.07, 6.45) is 15.3. The van der Waals surface area contributed by atoms with Gasteiger partial charge in [-0.05, 0) is 12.8 Å². The molecule has 0 rings (SSSR count). The van der Waals surface area contributed by atoms with Crippen molar-refractivity contribution in [1.82, 2.24) is 0 Å². The first-order valence-corrected chi connectivity index (χ1v) is 11.5. The molecular weight excluding hydrogens is 283 g/mol. The van der Waals surface area contributed by atoms with E-state index in [0.29, 0.717) is 0 Å². The van der Waals surface area contributed by atoms with Crippen molar-refractivity contribution in [1.29, 1.82) is 0 Å². The Balaban J connectivity index is 4.28. The average molecular weight is 321 g/mol. The van der Waals surface area contributed by atoms with Gasteiger partial charge in [0.1, 0.15) is 0 Å². The maximum absolute atomic E-state index is 9.17. The summed E-state index contributed by atoms with van der Waals surface area (Å²) in [4.78, 5) is 0. The molecule has 0 fully saturated rings. The molecule has 3 nitrogen and oxygen atoms in total. The highest BCUT2D eigenvalue weighted by molar-refractivity contribution is 7.75. The maximum atomic E-state index is 9.17. The van der Waals surface area contributed by atoms with Gasteiger partial charge in [0.25, 0.3) is 0 Å². The maximum Gasteiger partial charge on any atom is 0.0616 e. The van der Waals surface area contributed by atoms with Gasteiger partial charge in [-0.25, -0.2) is 0 Å². The van der Waals surface area contributed by atoms with Gasteiger partial charge < -0.3 is 15.3 Å². The Kier molecular flexibility index (Phi) is 15.4. The van der Waals surface area contributed by atoms with Gasteiger partial charge in [0.2, 0.25) is 0 Å². The molecule has 128 valence electrons. The van der Waals surface area contributed by atoms with Crippen LogP contribution in [-0.4, -0.2) is 59.8 Å². The summed E-state index contributed by atoms with van der Waals surface area (Å²) in [5, 5.41) is 27.5. The second kappa shape index (κ2) is 15.2. The van der Waals surface area contributed by atoms with Crippen LogP contribution in [0.25, 0.3) is 0 Å². The van der Waals surface area contributed by atoms with E-state index >= 15 is 0 Å². The minimum atomic E-state index is -1.08. The number of aliphatic hydroxyl groups excluding tert-OH is 3. The Bertz CT molecular complexity index is 190. The third-order valence-electron chi connectivity index (χ3n) is 4.36. The van der Waals surface area contributed by atoms with Crippen molar-refractivity contribution < 1.29 is 15.3 Å². The molecule has 0 atom stereocenters. The third-order valence-corrected chi connectivity index (χ3v) is 9.42. The summed E-state index contributed by atoms with van der Waals surface area (Å²) in [6, 6.07) is 0. The third kappa shape index (κ3) is 11.5. The predicted octanol–water partition coefficient (Wildman–Crippen LogP) is 3.51. The molecule has 21 heavy (non-hydrogen) atoms. The molecule has 0 radical (unpaired) electrons.